The third kappa shape index (κ3) is 4.53. The van der Waals surface area contributed by atoms with Crippen LogP contribution in [0.5, 0.6) is 0 Å². The van der Waals surface area contributed by atoms with Crippen molar-refractivity contribution in [2.24, 2.45) is 0 Å². The number of aliphatic hydroxyl groups is 1. The number of rotatable bonds is 4. The number of hydrogen-bond donors (Lipinski definition) is 2. The molecule has 1 atom stereocenters. The molecule has 1 aromatic rings. The lowest BCUT2D eigenvalue weighted by molar-refractivity contribution is -0.140. The van der Waals surface area contributed by atoms with Crippen LogP contribution in [0.25, 0.3) is 0 Å². The van der Waals surface area contributed by atoms with Gasteiger partial charge in [0.1, 0.15) is 18.5 Å². The fourth-order valence-electron chi connectivity index (χ4n) is 2.68. The lowest BCUT2D eigenvalue weighted by Crippen LogP contribution is -2.51. The molecule has 1 aromatic carbocycles. The molecule has 0 spiro atoms. The molecule has 2 rings (SSSR count). The van der Waals surface area contributed by atoms with Crippen molar-refractivity contribution >= 4 is 12.4 Å². The van der Waals surface area contributed by atoms with Crippen LogP contribution in [0, 0.1) is 5.82 Å². The average Bonchev–Trinajstić information content (AvgIpc) is 2.47. The van der Waals surface area contributed by atoms with Crippen molar-refractivity contribution in [3.8, 4) is 0 Å². The summed E-state index contributed by atoms with van der Waals surface area (Å²) in [6, 6.07) is 0.0700. The minimum Gasteiger partial charge on any atom is -0.390 e. The Bertz CT molecular complexity index is 549. The van der Waals surface area contributed by atoms with E-state index in [4.69, 9.17) is 5.11 Å². The minimum absolute atomic E-state index is 0. The predicted molar refractivity (Wildman–Crippen MR) is 77.9 cm³/mol. The Kier molecular flexibility index (Phi) is 6.92. The van der Waals surface area contributed by atoms with Gasteiger partial charge in [-0.15, -0.1) is 12.4 Å². The van der Waals surface area contributed by atoms with Gasteiger partial charge in [0, 0.05) is 26.2 Å². The second-order valence-corrected chi connectivity index (χ2v) is 5.34. The third-order valence-electron chi connectivity index (χ3n) is 3.74. The van der Waals surface area contributed by atoms with E-state index in [9.17, 15) is 26.3 Å². The first-order valence-corrected chi connectivity index (χ1v) is 6.97. The maximum absolute atomic E-state index is 14.1. The molecule has 2 N–H and O–H groups in total. The predicted octanol–water partition coefficient (Wildman–Crippen LogP) is 2.84. The van der Waals surface area contributed by atoms with E-state index in [0.29, 0.717) is 25.2 Å². The van der Waals surface area contributed by atoms with Gasteiger partial charge in [-0.25, -0.2) is 13.2 Å². The van der Waals surface area contributed by atoms with E-state index >= 15 is 0 Å². The second kappa shape index (κ2) is 7.90. The molecule has 0 aliphatic carbocycles. The largest absolute Gasteiger partial charge is 0.419 e. The van der Waals surface area contributed by atoms with Crippen LogP contribution in [0.1, 0.15) is 17.2 Å². The molecule has 0 amide bonds. The van der Waals surface area contributed by atoms with E-state index in [-0.39, 0.29) is 31.1 Å². The quantitative estimate of drug-likeness (QED) is 0.791. The number of nitrogens with zero attached hydrogens (tertiary/aromatic N) is 1. The zero-order chi connectivity index (χ0) is 17.3. The minimum atomic E-state index is -4.90. The van der Waals surface area contributed by atoms with Crippen LogP contribution in [0.15, 0.2) is 18.2 Å². The zero-order valence-corrected chi connectivity index (χ0v) is 13.2. The fraction of sp³-hybridized carbons (Fsp3) is 0.571. The molecule has 0 bridgehead atoms. The first kappa shape index (κ1) is 21.0. The SMILES string of the molecule is Cl.OCC(F)(F)[C@H](c1ccc(C(F)(F)F)c(F)c1)N1CCNCC1. The van der Waals surface area contributed by atoms with Gasteiger partial charge < -0.3 is 10.4 Å². The number of piperazine rings is 1. The highest BCUT2D eigenvalue weighted by molar-refractivity contribution is 5.85. The molecule has 1 saturated heterocycles. The highest BCUT2D eigenvalue weighted by Crippen LogP contribution is 2.39. The Morgan fingerprint density at radius 1 is 1.12 bits per heavy atom. The van der Waals surface area contributed by atoms with Gasteiger partial charge in [0.05, 0.1) is 5.56 Å². The van der Waals surface area contributed by atoms with Crippen molar-refractivity contribution in [2.75, 3.05) is 32.8 Å². The maximum Gasteiger partial charge on any atom is 0.419 e. The highest BCUT2D eigenvalue weighted by atomic mass is 35.5. The highest BCUT2D eigenvalue weighted by Gasteiger charge is 2.45. The summed E-state index contributed by atoms with van der Waals surface area (Å²) in [5, 5.41) is 11.9. The maximum atomic E-state index is 14.1. The summed E-state index contributed by atoms with van der Waals surface area (Å²) in [7, 11) is 0. The molecule has 0 aromatic heterocycles. The number of alkyl halides is 5. The number of benzene rings is 1. The Morgan fingerprint density at radius 3 is 2.17 bits per heavy atom. The molecule has 0 saturated carbocycles. The third-order valence-corrected chi connectivity index (χ3v) is 3.74. The Hall–Kier alpha value is -1.03. The fourth-order valence-corrected chi connectivity index (χ4v) is 2.68. The topological polar surface area (TPSA) is 35.5 Å². The number of nitrogens with one attached hydrogen (secondary N) is 1. The number of aliphatic hydroxyl groups excluding tert-OH is 1. The van der Waals surface area contributed by atoms with Crippen molar-refractivity contribution in [1.82, 2.24) is 10.2 Å². The molecule has 1 aliphatic heterocycles. The lowest BCUT2D eigenvalue weighted by Gasteiger charge is -2.38. The molecule has 0 radical (unpaired) electrons. The lowest BCUT2D eigenvalue weighted by atomic mass is 9.96. The summed E-state index contributed by atoms with van der Waals surface area (Å²) >= 11 is 0. The van der Waals surface area contributed by atoms with Gasteiger partial charge in [-0.3, -0.25) is 4.90 Å². The van der Waals surface area contributed by atoms with E-state index in [0.717, 1.165) is 6.07 Å². The number of halogens is 7. The molecule has 3 nitrogen and oxygen atoms in total. The molecule has 1 aliphatic rings. The van der Waals surface area contributed by atoms with E-state index in [1.54, 1.807) is 0 Å². The summed E-state index contributed by atoms with van der Waals surface area (Å²) in [5.74, 6) is -5.22. The van der Waals surface area contributed by atoms with Crippen molar-refractivity contribution < 1.29 is 31.4 Å². The molecule has 0 unspecified atom stereocenters. The van der Waals surface area contributed by atoms with Gasteiger partial charge in [0.25, 0.3) is 5.92 Å². The van der Waals surface area contributed by atoms with Gasteiger partial charge in [-0.1, -0.05) is 6.07 Å². The van der Waals surface area contributed by atoms with Crippen LogP contribution in [-0.4, -0.2) is 48.7 Å². The van der Waals surface area contributed by atoms with E-state index in [1.807, 2.05) is 0 Å². The Balaban J connectivity index is 0.00000288. The summed E-state index contributed by atoms with van der Waals surface area (Å²) in [6.45, 7) is -0.224. The van der Waals surface area contributed by atoms with Crippen molar-refractivity contribution in [3.63, 3.8) is 0 Å². The van der Waals surface area contributed by atoms with E-state index in [1.165, 1.54) is 4.90 Å². The summed E-state index contributed by atoms with van der Waals surface area (Å²) < 4.78 is 79.7. The average molecular weight is 379 g/mol. The first-order chi connectivity index (χ1) is 10.7. The molecule has 1 fully saturated rings. The summed E-state index contributed by atoms with van der Waals surface area (Å²) in [6.07, 6.45) is -4.90. The normalized spacial score (nSPS) is 18.1. The summed E-state index contributed by atoms with van der Waals surface area (Å²) in [5.41, 5.74) is -1.80. The van der Waals surface area contributed by atoms with Gasteiger partial charge in [0.2, 0.25) is 0 Å². The summed E-state index contributed by atoms with van der Waals surface area (Å²) in [4.78, 5) is 1.33. The number of hydrogen-bond acceptors (Lipinski definition) is 3. The van der Waals surface area contributed by atoms with Gasteiger partial charge in [-0.2, -0.15) is 13.2 Å². The monoisotopic (exact) mass is 378 g/mol. The van der Waals surface area contributed by atoms with Crippen LogP contribution in [0.3, 0.4) is 0 Å². The molecule has 138 valence electrons. The van der Waals surface area contributed by atoms with Crippen LogP contribution < -0.4 is 5.32 Å². The van der Waals surface area contributed by atoms with Crippen molar-refractivity contribution in [3.05, 3.63) is 35.1 Å². The van der Waals surface area contributed by atoms with Crippen LogP contribution in [0.4, 0.5) is 26.3 Å². The smallest absolute Gasteiger partial charge is 0.390 e. The van der Waals surface area contributed by atoms with Gasteiger partial charge >= 0.3 is 6.18 Å². The molecule has 24 heavy (non-hydrogen) atoms. The van der Waals surface area contributed by atoms with Crippen LogP contribution in [0.2, 0.25) is 0 Å². The van der Waals surface area contributed by atoms with Crippen LogP contribution in [-0.2, 0) is 6.18 Å². The van der Waals surface area contributed by atoms with E-state index in [2.05, 4.69) is 5.32 Å². The molecule has 10 heteroatoms. The van der Waals surface area contributed by atoms with E-state index < -0.39 is 36.1 Å². The Morgan fingerprint density at radius 2 is 1.71 bits per heavy atom. The van der Waals surface area contributed by atoms with Crippen molar-refractivity contribution in [2.45, 2.75) is 18.1 Å². The molecule has 1 heterocycles. The second-order valence-electron chi connectivity index (χ2n) is 5.34. The van der Waals surface area contributed by atoms with Gasteiger partial charge in [-0.05, 0) is 17.7 Å². The van der Waals surface area contributed by atoms with Crippen molar-refractivity contribution in [1.29, 1.82) is 0 Å². The first-order valence-electron chi connectivity index (χ1n) is 6.97. The Labute approximate surface area is 141 Å². The molecular formula is C14H17ClF6N2O. The van der Waals surface area contributed by atoms with Crippen LogP contribution >= 0.6 is 12.4 Å². The zero-order valence-electron chi connectivity index (χ0n) is 12.4. The van der Waals surface area contributed by atoms with Gasteiger partial charge in [0.15, 0.2) is 0 Å². The molecular weight excluding hydrogens is 362 g/mol. The standard InChI is InChI=1S/C14H16F6N2O.ClH/c15-11-7-9(1-2-10(11)14(18,19)20)12(13(16,17)8-23)22-5-3-21-4-6-22;/h1-2,7,12,21,23H,3-6,8H2;1H/t12-;/m0./s1.